The number of amides is 1. The molecule has 1 aromatic carbocycles. The summed E-state index contributed by atoms with van der Waals surface area (Å²) < 4.78 is 34.5. The Labute approximate surface area is 115 Å². The highest BCUT2D eigenvalue weighted by Crippen LogP contribution is 2.26. The van der Waals surface area contributed by atoms with E-state index in [1.165, 1.54) is 29.2 Å². The van der Waals surface area contributed by atoms with Gasteiger partial charge >= 0.3 is 16.2 Å². The summed E-state index contributed by atoms with van der Waals surface area (Å²) in [7, 11) is -4.74. The number of halogens is 1. The zero-order chi connectivity index (χ0) is 14.9. The van der Waals surface area contributed by atoms with Crippen LogP contribution < -0.4 is 4.90 Å². The molecule has 0 saturated carbocycles. The van der Waals surface area contributed by atoms with Crippen molar-refractivity contribution in [2.24, 2.45) is 0 Å². The second-order valence-electron chi connectivity index (χ2n) is 4.54. The number of hydrogen-bond donors (Lipinski definition) is 1. The third-order valence-corrected chi connectivity index (χ3v) is 4.20. The normalized spacial score (nSPS) is 19.4. The molecule has 0 aliphatic carbocycles. The average Bonchev–Trinajstić information content (AvgIpc) is 2.71. The third-order valence-electron chi connectivity index (χ3n) is 3.09. The average molecular weight is 301 g/mol. The van der Waals surface area contributed by atoms with E-state index in [1.807, 2.05) is 0 Å². The molecule has 1 unspecified atom stereocenters. The van der Waals surface area contributed by atoms with Crippen molar-refractivity contribution >= 4 is 27.8 Å². The number of anilines is 1. The summed E-state index contributed by atoms with van der Waals surface area (Å²) in [5.74, 6) is -1.44. The van der Waals surface area contributed by atoms with Gasteiger partial charge in [-0.3, -0.25) is 9.59 Å². The zero-order valence-corrected chi connectivity index (χ0v) is 11.1. The molecule has 1 N–H and O–H groups in total. The van der Waals surface area contributed by atoms with Crippen LogP contribution in [0.15, 0.2) is 24.3 Å². The number of carbonyl (C=O) groups is 2. The summed E-state index contributed by atoms with van der Waals surface area (Å²) in [6.45, 7) is -0.226. The molecule has 8 heteroatoms. The van der Waals surface area contributed by atoms with E-state index in [0.717, 1.165) is 0 Å². The van der Waals surface area contributed by atoms with Crippen LogP contribution in [0.1, 0.15) is 12.0 Å². The monoisotopic (exact) mass is 301 g/mol. The molecule has 1 atom stereocenters. The first-order chi connectivity index (χ1) is 9.27. The van der Waals surface area contributed by atoms with E-state index < -0.39 is 27.3 Å². The van der Waals surface area contributed by atoms with Crippen molar-refractivity contribution < 1.29 is 27.0 Å². The van der Waals surface area contributed by atoms with Gasteiger partial charge in [-0.05, 0) is 17.7 Å². The van der Waals surface area contributed by atoms with Crippen LogP contribution in [0, 0.1) is 0 Å². The van der Waals surface area contributed by atoms with Crippen molar-refractivity contribution in [2.45, 2.75) is 18.1 Å². The first kappa shape index (κ1) is 14.4. The molecule has 0 bridgehead atoms. The SMILES string of the molecule is O=C(O)Cc1ccc(N2CC(S(=O)(=O)F)CC2=O)cc1. The fourth-order valence-corrected chi connectivity index (χ4v) is 2.75. The Morgan fingerprint density at radius 3 is 2.40 bits per heavy atom. The quantitative estimate of drug-likeness (QED) is 0.827. The lowest BCUT2D eigenvalue weighted by Gasteiger charge is -2.16. The predicted molar refractivity (Wildman–Crippen MR) is 68.6 cm³/mol. The van der Waals surface area contributed by atoms with Gasteiger partial charge in [0.1, 0.15) is 5.25 Å². The number of carboxylic acid groups (broad SMARTS) is 1. The molecule has 6 nitrogen and oxygen atoms in total. The summed E-state index contributed by atoms with van der Waals surface area (Å²) in [4.78, 5) is 23.4. The highest BCUT2D eigenvalue weighted by atomic mass is 32.3. The maximum Gasteiger partial charge on any atom is 0.307 e. The molecule has 0 spiro atoms. The third kappa shape index (κ3) is 3.13. The topological polar surface area (TPSA) is 91.8 Å². The van der Waals surface area contributed by atoms with E-state index >= 15 is 0 Å². The molecule has 1 aromatic rings. The van der Waals surface area contributed by atoms with Crippen molar-refractivity contribution in [3.63, 3.8) is 0 Å². The molecule has 2 rings (SSSR count). The summed E-state index contributed by atoms with van der Waals surface area (Å²) in [6.07, 6.45) is -0.522. The molecule has 1 amide bonds. The Kier molecular flexibility index (Phi) is 3.76. The summed E-state index contributed by atoms with van der Waals surface area (Å²) in [5, 5.41) is 7.30. The highest BCUT2D eigenvalue weighted by Gasteiger charge is 2.38. The van der Waals surface area contributed by atoms with Gasteiger partial charge in [-0.1, -0.05) is 12.1 Å². The van der Waals surface area contributed by atoms with Gasteiger partial charge in [0.25, 0.3) is 0 Å². The van der Waals surface area contributed by atoms with Crippen molar-refractivity contribution in [2.75, 3.05) is 11.4 Å². The number of aliphatic carboxylic acids is 1. The lowest BCUT2D eigenvalue weighted by Crippen LogP contribution is -2.26. The van der Waals surface area contributed by atoms with Gasteiger partial charge in [-0.2, -0.15) is 8.42 Å². The van der Waals surface area contributed by atoms with E-state index in [2.05, 4.69) is 0 Å². The second kappa shape index (κ2) is 5.20. The number of hydrogen-bond acceptors (Lipinski definition) is 4. The van der Waals surface area contributed by atoms with Gasteiger partial charge < -0.3 is 10.0 Å². The number of benzene rings is 1. The Bertz CT molecular complexity index is 640. The Hall–Kier alpha value is -1.96. The van der Waals surface area contributed by atoms with Crippen LogP contribution in [0.4, 0.5) is 9.57 Å². The van der Waals surface area contributed by atoms with Crippen LogP contribution in [-0.2, 0) is 26.2 Å². The molecule has 108 valence electrons. The van der Waals surface area contributed by atoms with Gasteiger partial charge in [0.2, 0.25) is 5.91 Å². The molecule has 1 heterocycles. The molecule has 1 aliphatic heterocycles. The zero-order valence-electron chi connectivity index (χ0n) is 10.3. The van der Waals surface area contributed by atoms with Crippen LogP contribution in [0.2, 0.25) is 0 Å². The Balaban J connectivity index is 2.16. The number of carbonyl (C=O) groups excluding carboxylic acids is 1. The number of carboxylic acids is 1. The van der Waals surface area contributed by atoms with Gasteiger partial charge in [-0.25, -0.2) is 0 Å². The van der Waals surface area contributed by atoms with Gasteiger partial charge in [0.05, 0.1) is 6.42 Å². The van der Waals surface area contributed by atoms with Crippen LogP contribution >= 0.6 is 0 Å². The summed E-state index contributed by atoms with van der Waals surface area (Å²) in [5.41, 5.74) is 0.984. The number of nitrogens with zero attached hydrogens (tertiary/aromatic N) is 1. The number of rotatable bonds is 4. The van der Waals surface area contributed by atoms with E-state index in [1.54, 1.807) is 0 Å². The summed E-state index contributed by atoms with van der Waals surface area (Å²) in [6, 6.07) is 6.11. The smallest absolute Gasteiger partial charge is 0.307 e. The highest BCUT2D eigenvalue weighted by molar-refractivity contribution is 7.87. The minimum absolute atomic E-state index is 0.143. The predicted octanol–water partition coefficient (Wildman–Crippen LogP) is 0.718. The summed E-state index contributed by atoms with van der Waals surface area (Å²) >= 11 is 0. The van der Waals surface area contributed by atoms with Gasteiger partial charge in [-0.15, -0.1) is 3.89 Å². The van der Waals surface area contributed by atoms with Crippen molar-refractivity contribution in [1.82, 2.24) is 0 Å². The first-order valence-corrected chi connectivity index (χ1v) is 7.26. The second-order valence-corrected chi connectivity index (χ2v) is 6.16. The van der Waals surface area contributed by atoms with E-state index in [-0.39, 0.29) is 19.4 Å². The fourth-order valence-electron chi connectivity index (χ4n) is 2.08. The molecule has 0 radical (unpaired) electrons. The standard InChI is InChI=1S/C12H12FNO5S/c13-20(18,19)10-6-11(15)14(7-10)9-3-1-8(2-4-9)5-12(16)17/h1-4,10H,5-7H2,(H,16,17). The largest absolute Gasteiger partial charge is 0.481 e. The van der Waals surface area contributed by atoms with Crippen LogP contribution in [0.3, 0.4) is 0 Å². The molecule has 20 heavy (non-hydrogen) atoms. The minimum atomic E-state index is -4.74. The molecule has 1 aliphatic rings. The van der Waals surface area contributed by atoms with Crippen LogP contribution in [0.5, 0.6) is 0 Å². The molecule has 1 fully saturated rings. The van der Waals surface area contributed by atoms with E-state index in [4.69, 9.17) is 5.11 Å². The first-order valence-electron chi connectivity index (χ1n) is 5.82. The van der Waals surface area contributed by atoms with Crippen LogP contribution in [0.25, 0.3) is 0 Å². The Morgan fingerprint density at radius 2 is 1.95 bits per heavy atom. The van der Waals surface area contributed by atoms with Crippen LogP contribution in [-0.4, -0.2) is 37.2 Å². The maximum atomic E-state index is 12.9. The fraction of sp³-hybridized carbons (Fsp3) is 0.333. The van der Waals surface area contributed by atoms with Crippen molar-refractivity contribution in [1.29, 1.82) is 0 Å². The van der Waals surface area contributed by atoms with E-state index in [9.17, 15) is 21.9 Å². The lowest BCUT2D eigenvalue weighted by molar-refractivity contribution is -0.136. The van der Waals surface area contributed by atoms with Gasteiger partial charge in [0.15, 0.2) is 0 Å². The molecular formula is C12H12FNO5S. The lowest BCUT2D eigenvalue weighted by atomic mass is 10.1. The molecule has 1 saturated heterocycles. The minimum Gasteiger partial charge on any atom is -0.481 e. The van der Waals surface area contributed by atoms with Crippen molar-refractivity contribution in [3.8, 4) is 0 Å². The molecule has 0 aromatic heterocycles. The molecular weight excluding hydrogens is 289 g/mol. The Morgan fingerprint density at radius 1 is 1.35 bits per heavy atom. The van der Waals surface area contributed by atoms with Gasteiger partial charge in [0, 0.05) is 18.7 Å². The van der Waals surface area contributed by atoms with E-state index in [0.29, 0.717) is 11.3 Å². The van der Waals surface area contributed by atoms with Crippen molar-refractivity contribution in [3.05, 3.63) is 29.8 Å². The maximum absolute atomic E-state index is 12.9.